The quantitative estimate of drug-likeness (QED) is 0.0469. The van der Waals surface area contributed by atoms with Crippen LogP contribution in [0.5, 0.6) is 0 Å². The minimum Gasteiger partial charge on any atom is -0.852 e. The summed E-state index contributed by atoms with van der Waals surface area (Å²) in [6.45, 7) is 6.32. The van der Waals surface area contributed by atoms with Gasteiger partial charge in [0.05, 0.1) is 0 Å². The van der Waals surface area contributed by atoms with E-state index >= 15 is 0 Å². The first-order valence-corrected chi connectivity index (χ1v) is 18.2. The second-order valence-electron chi connectivity index (χ2n) is 11.8. The fourth-order valence-corrected chi connectivity index (χ4v) is 5.47. The van der Waals surface area contributed by atoms with E-state index in [2.05, 4.69) is 31.8 Å². The summed E-state index contributed by atoms with van der Waals surface area (Å²) in [6, 6.07) is 0. The Morgan fingerprint density at radius 2 is 0.610 bits per heavy atom. The normalized spacial score (nSPS) is 10.5. The Bertz CT molecular complexity index is 491. The van der Waals surface area contributed by atoms with Crippen molar-refractivity contribution in [1.82, 2.24) is 4.90 Å². The van der Waals surface area contributed by atoms with Gasteiger partial charge in [-0.1, -0.05) is 205 Å². The smallest absolute Gasteiger partial charge is 0.852 e. The summed E-state index contributed by atoms with van der Waals surface area (Å²) in [5, 5.41) is 20.0. The van der Waals surface area contributed by atoms with Crippen molar-refractivity contribution in [1.29, 1.82) is 0 Å². The second kappa shape index (κ2) is 39.9. The first kappa shape index (κ1) is 45.3. The van der Waals surface area contributed by atoms with Crippen LogP contribution in [0.4, 0.5) is 0 Å². The monoisotopic (exact) mass is 663 g/mol. The van der Waals surface area contributed by atoms with Crippen molar-refractivity contribution in [3.63, 3.8) is 0 Å². The van der Waals surface area contributed by atoms with E-state index in [1.54, 1.807) is 0 Å². The van der Waals surface area contributed by atoms with Gasteiger partial charge in [0, 0.05) is 23.4 Å². The van der Waals surface area contributed by atoms with Gasteiger partial charge in [-0.25, -0.2) is 0 Å². The molecule has 1 radical (unpaired) electrons. The molecule has 0 bridgehead atoms. The van der Waals surface area contributed by atoms with Crippen LogP contribution in [-0.4, -0.2) is 28.3 Å². The Balaban J connectivity index is -0.00000269. The van der Waals surface area contributed by atoms with Crippen LogP contribution in [0.2, 0.25) is 0 Å². The maximum absolute atomic E-state index is 11.8. The maximum atomic E-state index is 11.8. The third-order valence-electron chi connectivity index (χ3n) is 7.82. The minimum absolute atomic E-state index is 0. The van der Waals surface area contributed by atoms with Crippen molar-refractivity contribution < 1.29 is 27.3 Å². The molecule has 0 amide bonds. The van der Waals surface area contributed by atoms with Crippen molar-refractivity contribution >= 4 is 34.8 Å². The molecule has 0 aliphatic heterocycles. The molecule has 2 N–H and O–H groups in total. The van der Waals surface area contributed by atoms with Crippen LogP contribution in [0.1, 0.15) is 194 Å². The molecule has 249 valence electrons. The SMILES string of the molecule is CCCCCCCCCCCCCCCCN(CCCCCCCCCCCCCCCC)C([O-])=S.NC([O-])=S.[Cu+2]. The van der Waals surface area contributed by atoms with Gasteiger partial charge < -0.3 is 20.8 Å². The topological polar surface area (TPSA) is 75.4 Å². The van der Waals surface area contributed by atoms with Crippen LogP contribution < -0.4 is 15.9 Å². The number of nitrogens with zero attached hydrogens (tertiary/aromatic N) is 1. The van der Waals surface area contributed by atoms with Crippen LogP contribution in [0.25, 0.3) is 0 Å². The zero-order valence-corrected chi connectivity index (χ0v) is 29.7. The van der Waals surface area contributed by atoms with Gasteiger partial charge in [-0.3, -0.25) is 0 Å². The zero-order chi connectivity index (χ0) is 29.9. The predicted octanol–water partition coefficient (Wildman–Crippen LogP) is 9.48. The van der Waals surface area contributed by atoms with E-state index in [1.165, 1.54) is 167 Å². The van der Waals surface area contributed by atoms with Crippen molar-refractivity contribution in [2.24, 2.45) is 5.73 Å². The molecule has 0 unspecified atom stereocenters. The molecule has 41 heavy (non-hydrogen) atoms. The summed E-state index contributed by atoms with van der Waals surface area (Å²) in [5.41, 5.74) is 4.29. The Labute approximate surface area is 278 Å². The van der Waals surface area contributed by atoms with E-state index in [0.717, 1.165) is 25.9 Å². The zero-order valence-electron chi connectivity index (χ0n) is 27.2. The Morgan fingerprint density at radius 3 is 0.780 bits per heavy atom. The third-order valence-corrected chi connectivity index (χ3v) is 8.08. The number of hydrogen-bond donors (Lipinski definition) is 1. The van der Waals surface area contributed by atoms with Gasteiger partial charge in [0.25, 0.3) is 0 Å². The molecule has 0 spiro atoms. The molecule has 4 nitrogen and oxygen atoms in total. The van der Waals surface area contributed by atoms with Crippen LogP contribution in [0.15, 0.2) is 0 Å². The third kappa shape index (κ3) is 44.5. The fraction of sp³-hybridized carbons (Fsp3) is 0.941. The van der Waals surface area contributed by atoms with E-state index in [1.807, 2.05) is 4.90 Å². The number of unbranched alkanes of at least 4 members (excludes halogenated alkanes) is 26. The van der Waals surface area contributed by atoms with E-state index in [-0.39, 0.29) is 22.2 Å². The van der Waals surface area contributed by atoms with E-state index in [0.29, 0.717) is 0 Å². The number of hydrogen-bond acceptors (Lipinski definition) is 4. The van der Waals surface area contributed by atoms with Crippen LogP contribution in [0, 0.1) is 0 Å². The van der Waals surface area contributed by atoms with Crippen molar-refractivity contribution in [2.45, 2.75) is 194 Å². The summed E-state index contributed by atoms with van der Waals surface area (Å²) in [7, 11) is 0. The molecule has 0 aliphatic carbocycles. The minimum atomic E-state index is -0.750. The molecule has 0 rings (SSSR count). The first-order chi connectivity index (χ1) is 19.5. The largest absolute Gasteiger partial charge is 2.00 e. The molecule has 0 aliphatic rings. The molecule has 0 heterocycles. The molecule has 0 aromatic carbocycles. The summed E-state index contributed by atoms with van der Waals surface area (Å²) < 4.78 is 0. The molecule has 0 saturated carbocycles. The van der Waals surface area contributed by atoms with Gasteiger partial charge in [-0.2, -0.15) is 0 Å². The van der Waals surface area contributed by atoms with Crippen LogP contribution in [-0.2, 0) is 17.1 Å². The summed E-state index contributed by atoms with van der Waals surface area (Å²) in [4.78, 5) is 1.93. The van der Waals surface area contributed by atoms with Crippen molar-refractivity contribution in [3.05, 3.63) is 0 Å². The molecule has 0 fully saturated rings. The van der Waals surface area contributed by atoms with Gasteiger partial charge in [0.1, 0.15) is 0 Å². The molecule has 0 aromatic rings. The number of nitrogens with two attached hydrogens (primary N) is 1. The standard InChI is InChI=1S/C33H67NOS.CH3NOS.Cu/c1-3-5-7-9-11-13-15-17-19-21-23-25-27-29-31-34(33(35)36)32-30-28-26-24-22-20-18-16-14-12-10-8-6-4-2;2-1(3)4;/h3-32H2,1-2H3,(H,35,36);(H3,2,3,4);/q;;+2/p-2. The van der Waals surface area contributed by atoms with E-state index in [9.17, 15) is 5.11 Å². The second-order valence-corrected chi connectivity index (χ2v) is 12.5. The van der Waals surface area contributed by atoms with Gasteiger partial charge in [-0.15, -0.1) is 0 Å². The molecule has 7 heteroatoms. The molecule has 0 saturated heterocycles. The first-order valence-electron chi connectivity index (χ1n) is 17.4. The van der Waals surface area contributed by atoms with Gasteiger partial charge in [0.15, 0.2) is 0 Å². The maximum Gasteiger partial charge on any atom is 2.00 e. The molecular formula is C34H68CuN2O2S2. The average molecular weight is 665 g/mol. The average Bonchev–Trinajstić information content (AvgIpc) is 2.91. The van der Waals surface area contributed by atoms with Crippen LogP contribution in [0.3, 0.4) is 0 Å². The Morgan fingerprint density at radius 1 is 0.439 bits per heavy atom. The fourth-order valence-electron chi connectivity index (χ4n) is 5.29. The molecular weight excluding hydrogens is 596 g/mol. The van der Waals surface area contributed by atoms with Crippen LogP contribution >= 0.6 is 24.4 Å². The molecule has 0 atom stereocenters. The van der Waals surface area contributed by atoms with Crippen molar-refractivity contribution in [3.8, 4) is 0 Å². The number of rotatable bonds is 30. The van der Waals surface area contributed by atoms with Gasteiger partial charge in [0.2, 0.25) is 0 Å². The Hall–Kier alpha value is -0.101. The summed E-state index contributed by atoms with van der Waals surface area (Å²) >= 11 is 8.75. The van der Waals surface area contributed by atoms with Gasteiger partial charge in [-0.05, 0) is 12.8 Å². The summed E-state index contributed by atoms with van der Waals surface area (Å²) in [5.74, 6) is 0. The molecule has 0 aromatic heterocycles. The van der Waals surface area contributed by atoms with E-state index < -0.39 is 5.17 Å². The summed E-state index contributed by atoms with van der Waals surface area (Å²) in [6.07, 6.45) is 38.4. The van der Waals surface area contributed by atoms with Crippen molar-refractivity contribution in [2.75, 3.05) is 13.1 Å². The van der Waals surface area contributed by atoms with Gasteiger partial charge >= 0.3 is 17.1 Å². The Kier molecular flexibility index (Phi) is 44.1. The number of thiocarbonyl (C=S) groups is 2. The van der Waals surface area contributed by atoms with E-state index in [4.69, 9.17) is 17.3 Å². The predicted molar refractivity (Wildman–Crippen MR) is 182 cm³/mol.